The zero-order chi connectivity index (χ0) is 9.26. The number of aromatic nitrogens is 4. The predicted octanol–water partition coefficient (Wildman–Crippen LogP) is 1.49. The van der Waals surface area contributed by atoms with Gasteiger partial charge in [0.2, 0.25) is 0 Å². The van der Waals surface area contributed by atoms with E-state index in [1.54, 1.807) is 0 Å². The fourth-order valence-corrected chi connectivity index (χ4v) is 1.10. The van der Waals surface area contributed by atoms with E-state index in [1.165, 1.54) is 0 Å². The highest BCUT2D eigenvalue weighted by atomic mass is 15.2. The zero-order valence-corrected chi connectivity index (χ0v) is 7.55. The molecule has 0 fully saturated rings. The number of aromatic amines is 2. The summed E-state index contributed by atoms with van der Waals surface area (Å²) in [6, 6.07) is 3.84. The summed E-state index contributed by atoms with van der Waals surface area (Å²) in [5, 5.41) is 16.8. The largest absolute Gasteiger partial charge is 0.322 e. The van der Waals surface area contributed by atoms with Gasteiger partial charge in [-0.2, -0.15) is 10.2 Å². The molecule has 0 saturated carbocycles. The Morgan fingerprint density at radius 3 is 1.77 bits per heavy atom. The number of anilines is 2. The van der Waals surface area contributed by atoms with Gasteiger partial charge in [-0.3, -0.25) is 10.2 Å². The minimum atomic E-state index is 0.781. The number of nitrogens with zero attached hydrogens (tertiary/aromatic N) is 2. The molecule has 0 amide bonds. The lowest BCUT2D eigenvalue weighted by molar-refractivity contribution is 1.03. The van der Waals surface area contributed by atoms with Gasteiger partial charge in [0.1, 0.15) is 0 Å². The minimum Gasteiger partial charge on any atom is -0.322 e. The molecule has 0 aliphatic carbocycles. The molecule has 0 saturated heterocycles. The number of aryl methyl sites for hydroxylation is 2. The van der Waals surface area contributed by atoms with Gasteiger partial charge in [0.05, 0.1) is 0 Å². The normalized spacial score (nSPS) is 10.3. The van der Waals surface area contributed by atoms with Crippen LogP contribution in [0.15, 0.2) is 12.1 Å². The molecule has 5 heteroatoms. The first-order valence-electron chi connectivity index (χ1n) is 4.05. The molecule has 0 radical (unpaired) electrons. The average molecular weight is 177 g/mol. The van der Waals surface area contributed by atoms with Crippen LogP contribution in [0.25, 0.3) is 0 Å². The molecule has 0 aliphatic heterocycles. The first kappa shape index (κ1) is 7.85. The highest BCUT2D eigenvalue weighted by Crippen LogP contribution is 2.12. The van der Waals surface area contributed by atoms with Gasteiger partial charge in [-0.1, -0.05) is 0 Å². The highest BCUT2D eigenvalue weighted by Gasteiger charge is 2.00. The molecule has 0 bridgehead atoms. The maximum atomic E-state index is 4.03. The first-order chi connectivity index (χ1) is 6.24. The van der Waals surface area contributed by atoms with E-state index in [1.807, 2.05) is 26.0 Å². The third-order valence-corrected chi connectivity index (χ3v) is 1.67. The van der Waals surface area contributed by atoms with Crippen LogP contribution < -0.4 is 5.32 Å². The molecule has 13 heavy (non-hydrogen) atoms. The van der Waals surface area contributed by atoms with Gasteiger partial charge in [-0.25, -0.2) is 0 Å². The molecular weight excluding hydrogens is 166 g/mol. The molecule has 0 aromatic carbocycles. The van der Waals surface area contributed by atoms with Crippen LogP contribution in [0.1, 0.15) is 11.4 Å². The van der Waals surface area contributed by atoms with E-state index in [0.29, 0.717) is 0 Å². The van der Waals surface area contributed by atoms with Crippen LogP contribution >= 0.6 is 0 Å². The predicted molar refractivity (Wildman–Crippen MR) is 49.9 cm³/mol. The van der Waals surface area contributed by atoms with Crippen molar-refractivity contribution in [1.82, 2.24) is 20.4 Å². The van der Waals surface area contributed by atoms with Crippen molar-refractivity contribution < 1.29 is 0 Å². The lowest BCUT2D eigenvalue weighted by Crippen LogP contribution is -1.90. The summed E-state index contributed by atoms with van der Waals surface area (Å²) in [4.78, 5) is 0. The topological polar surface area (TPSA) is 69.4 Å². The second-order valence-electron chi connectivity index (χ2n) is 3.00. The van der Waals surface area contributed by atoms with Crippen molar-refractivity contribution in [2.24, 2.45) is 0 Å². The summed E-state index contributed by atoms with van der Waals surface area (Å²) in [7, 11) is 0. The van der Waals surface area contributed by atoms with Crippen molar-refractivity contribution in [1.29, 1.82) is 0 Å². The summed E-state index contributed by atoms with van der Waals surface area (Å²) < 4.78 is 0. The van der Waals surface area contributed by atoms with Crippen molar-refractivity contribution in [3.05, 3.63) is 23.5 Å². The zero-order valence-electron chi connectivity index (χ0n) is 7.55. The van der Waals surface area contributed by atoms with Gasteiger partial charge in [-0.15, -0.1) is 0 Å². The van der Waals surface area contributed by atoms with Gasteiger partial charge in [-0.05, 0) is 13.8 Å². The smallest absolute Gasteiger partial charge is 0.153 e. The number of nitrogens with one attached hydrogen (secondary N) is 3. The van der Waals surface area contributed by atoms with Gasteiger partial charge < -0.3 is 5.32 Å². The van der Waals surface area contributed by atoms with E-state index in [4.69, 9.17) is 0 Å². The molecule has 0 unspecified atom stereocenters. The molecule has 0 atom stereocenters. The number of hydrogen-bond donors (Lipinski definition) is 3. The van der Waals surface area contributed by atoms with Crippen molar-refractivity contribution in [3.63, 3.8) is 0 Å². The van der Waals surface area contributed by atoms with Crippen LogP contribution in [0.3, 0.4) is 0 Å². The fraction of sp³-hybridized carbons (Fsp3) is 0.250. The maximum Gasteiger partial charge on any atom is 0.153 e. The fourth-order valence-electron chi connectivity index (χ4n) is 1.10. The average Bonchev–Trinajstić information content (AvgIpc) is 2.62. The Morgan fingerprint density at radius 1 is 1.00 bits per heavy atom. The molecule has 2 rings (SSSR count). The van der Waals surface area contributed by atoms with Gasteiger partial charge in [0, 0.05) is 23.5 Å². The summed E-state index contributed by atoms with van der Waals surface area (Å²) >= 11 is 0. The Hall–Kier alpha value is -1.78. The Balaban J connectivity index is 2.14. The second kappa shape index (κ2) is 2.93. The van der Waals surface area contributed by atoms with Crippen LogP contribution in [0.2, 0.25) is 0 Å². The number of H-pyrrole nitrogens is 2. The Kier molecular flexibility index (Phi) is 1.77. The third kappa shape index (κ3) is 1.69. The lowest BCUT2D eigenvalue weighted by Gasteiger charge is -1.93. The Labute approximate surface area is 75.6 Å². The van der Waals surface area contributed by atoms with Crippen molar-refractivity contribution >= 4 is 11.6 Å². The van der Waals surface area contributed by atoms with E-state index in [-0.39, 0.29) is 0 Å². The second-order valence-corrected chi connectivity index (χ2v) is 3.00. The minimum absolute atomic E-state index is 0.781. The van der Waals surface area contributed by atoms with Crippen molar-refractivity contribution in [2.75, 3.05) is 5.32 Å². The summed E-state index contributed by atoms with van der Waals surface area (Å²) in [5.41, 5.74) is 2.05. The SMILES string of the molecule is Cc1cc(Nc2cc(C)[nH]n2)n[nH]1. The Morgan fingerprint density at radius 2 is 1.46 bits per heavy atom. The van der Waals surface area contributed by atoms with Gasteiger partial charge in [0.15, 0.2) is 11.6 Å². The van der Waals surface area contributed by atoms with Crippen LogP contribution in [0.5, 0.6) is 0 Å². The van der Waals surface area contributed by atoms with Crippen LogP contribution in [-0.2, 0) is 0 Å². The van der Waals surface area contributed by atoms with Gasteiger partial charge >= 0.3 is 0 Å². The van der Waals surface area contributed by atoms with Crippen LogP contribution in [0.4, 0.5) is 11.6 Å². The summed E-state index contributed by atoms with van der Waals surface area (Å²) in [6.07, 6.45) is 0. The molecule has 2 aromatic heterocycles. The van der Waals surface area contributed by atoms with Crippen molar-refractivity contribution in [2.45, 2.75) is 13.8 Å². The van der Waals surface area contributed by atoms with E-state index in [9.17, 15) is 0 Å². The summed E-state index contributed by atoms with van der Waals surface area (Å²) in [5.74, 6) is 1.56. The van der Waals surface area contributed by atoms with Crippen molar-refractivity contribution in [3.8, 4) is 0 Å². The maximum absolute atomic E-state index is 4.03. The molecule has 5 nitrogen and oxygen atoms in total. The number of rotatable bonds is 2. The first-order valence-corrected chi connectivity index (χ1v) is 4.05. The molecule has 0 aliphatic rings. The highest BCUT2D eigenvalue weighted by molar-refractivity contribution is 5.51. The standard InChI is InChI=1S/C8H11N5/c1-5-3-7(12-10-5)9-8-4-6(2)11-13-8/h3-4H,1-2H3,(H3,9,10,11,12,13). The monoisotopic (exact) mass is 177 g/mol. The van der Waals surface area contributed by atoms with Crippen LogP contribution in [-0.4, -0.2) is 20.4 Å². The van der Waals surface area contributed by atoms with E-state index >= 15 is 0 Å². The van der Waals surface area contributed by atoms with E-state index in [0.717, 1.165) is 23.0 Å². The number of hydrogen-bond acceptors (Lipinski definition) is 3. The molecule has 68 valence electrons. The third-order valence-electron chi connectivity index (χ3n) is 1.67. The molecular formula is C8H11N5. The lowest BCUT2D eigenvalue weighted by atomic mass is 10.4. The van der Waals surface area contributed by atoms with E-state index < -0.39 is 0 Å². The molecule has 0 spiro atoms. The van der Waals surface area contributed by atoms with E-state index in [2.05, 4.69) is 25.7 Å². The van der Waals surface area contributed by atoms with Gasteiger partial charge in [0.25, 0.3) is 0 Å². The molecule has 2 heterocycles. The molecule has 3 N–H and O–H groups in total. The Bertz CT molecular complexity index is 362. The molecule has 2 aromatic rings. The van der Waals surface area contributed by atoms with Crippen LogP contribution in [0, 0.1) is 13.8 Å². The quantitative estimate of drug-likeness (QED) is 0.651. The summed E-state index contributed by atoms with van der Waals surface area (Å²) in [6.45, 7) is 3.90.